The van der Waals surface area contributed by atoms with Crippen molar-refractivity contribution in [2.75, 3.05) is 32.7 Å². The summed E-state index contributed by atoms with van der Waals surface area (Å²) in [6.07, 6.45) is 2.23. The van der Waals surface area contributed by atoms with Crippen LogP contribution in [0, 0.1) is 5.92 Å². The van der Waals surface area contributed by atoms with E-state index in [-0.39, 0.29) is 6.10 Å². The van der Waals surface area contributed by atoms with E-state index in [9.17, 15) is 5.11 Å². The van der Waals surface area contributed by atoms with Crippen molar-refractivity contribution >= 4 is 0 Å². The van der Waals surface area contributed by atoms with Crippen LogP contribution in [0.5, 0.6) is 0 Å². The molecule has 0 spiro atoms. The minimum Gasteiger partial charge on any atom is -0.392 e. The average Bonchev–Trinajstić information content (AvgIpc) is 2.32. The molecule has 0 unspecified atom stereocenters. The maximum absolute atomic E-state index is 9.28. The third-order valence-corrected chi connectivity index (χ3v) is 2.97. The molecule has 3 nitrogen and oxygen atoms in total. The molecule has 0 aliphatic carbocycles. The summed E-state index contributed by atoms with van der Waals surface area (Å²) < 4.78 is 0. The molecule has 2 aliphatic rings. The highest BCUT2D eigenvalue weighted by Crippen LogP contribution is 2.13. The van der Waals surface area contributed by atoms with Crippen LogP contribution in [-0.4, -0.2) is 48.8 Å². The Balaban J connectivity index is 1.60. The number of nitrogens with one attached hydrogen (secondary N) is 1. The van der Waals surface area contributed by atoms with Crippen molar-refractivity contribution in [1.29, 1.82) is 0 Å². The molecule has 0 bridgehead atoms. The first kappa shape index (κ1) is 8.48. The Kier molecular flexibility index (Phi) is 2.63. The van der Waals surface area contributed by atoms with Gasteiger partial charge in [-0.25, -0.2) is 0 Å². The number of aliphatic hydroxyl groups is 1. The minimum absolute atomic E-state index is 0.0514. The van der Waals surface area contributed by atoms with Crippen LogP contribution in [-0.2, 0) is 0 Å². The summed E-state index contributed by atoms with van der Waals surface area (Å²) in [4.78, 5) is 2.38. The number of aliphatic hydroxyl groups excluding tert-OH is 1. The quantitative estimate of drug-likeness (QED) is 0.608. The molecular formula is C9H18N2O. The summed E-state index contributed by atoms with van der Waals surface area (Å²) in [6, 6.07) is 0. The molecule has 2 N–H and O–H groups in total. The molecule has 0 aromatic carbocycles. The average molecular weight is 170 g/mol. The van der Waals surface area contributed by atoms with E-state index < -0.39 is 0 Å². The van der Waals surface area contributed by atoms with Crippen molar-refractivity contribution in [2.24, 2.45) is 5.92 Å². The second-order valence-corrected chi connectivity index (χ2v) is 4.06. The van der Waals surface area contributed by atoms with Crippen molar-refractivity contribution < 1.29 is 5.11 Å². The molecule has 1 atom stereocenters. The Morgan fingerprint density at radius 2 is 2.25 bits per heavy atom. The fraction of sp³-hybridized carbons (Fsp3) is 1.00. The lowest BCUT2D eigenvalue weighted by molar-refractivity contribution is 0.171. The Labute approximate surface area is 73.8 Å². The summed E-state index contributed by atoms with van der Waals surface area (Å²) in [7, 11) is 0. The number of nitrogens with zero attached hydrogens (tertiary/aromatic N) is 1. The number of β-amino-alcohol motifs (C(OH)–C–C–N with tert-alkyl or cyclic N) is 1. The van der Waals surface area contributed by atoms with Crippen LogP contribution in [0.25, 0.3) is 0 Å². The predicted octanol–water partition coefficient (Wildman–Crippen LogP) is -0.337. The van der Waals surface area contributed by atoms with Crippen LogP contribution in [0.4, 0.5) is 0 Å². The highest BCUT2D eigenvalue weighted by Gasteiger charge is 2.22. The van der Waals surface area contributed by atoms with Gasteiger partial charge in [0, 0.05) is 13.1 Å². The van der Waals surface area contributed by atoms with E-state index >= 15 is 0 Å². The maximum atomic E-state index is 9.28. The Morgan fingerprint density at radius 1 is 1.42 bits per heavy atom. The first-order valence-electron chi connectivity index (χ1n) is 4.96. The normalized spacial score (nSPS) is 32.2. The van der Waals surface area contributed by atoms with Crippen molar-refractivity contribution in [1.82, 2.24) is 10.2 Å². The lowest BCUT2D eigenvalue weighted by Crippen LogP contribution is -2.43. The highest BCUT2D eigenvalue weighted by atomic mass is 16.3. The molecule has 70 valence electrons. The summed E-state index contributed by atoms with van der Waals surface area (Å²) in [5.74, 6) is 0.905. The van der Waals surface area contributed by atoms with Crippen molar-refractivity contribution in [3.8, 4) is 0 Å². The summed E-state index contributed by atoms with van der Waals surface area (Å²) in [5.41, 5.74) is 0. The van der Waals surface area contributed by atoms with Crippen LogP contribution in [0.3, 0.4) is 0 Å². The molecule has 2 rings (SSSR count). The molecule has 0 aromatic heterocycles. The summed E-state index contributed by atoms with van der Waals surface area (Å²) in [5, 5.41) is 12.6. The van der Waals surface area contributed by atoms with E-state index in [0.717, 1.165) is 25.4 Å². The van der Waals surface area contributed by atoms with Gasteiger partial charge in [-0.2, -0.15) is 0 Å². The van der Waals surface area contributed by atoms with Gasteiger partial charge in [0.1, 0.15) is 0 Å². The lowest BCUT2D eigenvalue weighted by Gasteiger charge is -2.28. The number of hydrogen-bond donors (Lipinski definition) is 2. The first-order chi connectivity index (χ1) is 5.84. The monoisotopic (exact) mass is 170 g/mol. The van der Waals surface area contributed by atoms with Crippen LogP contribution >= 0.6 is 0 Å². The van der Waals surface area contributed by atoms with Crippen LogP contribution in [0.2, 0.25) is 0 Å². The topological polar surface area (TPSA) is 35.5 Å². The fourth-order valence-electron chi connectivity index (χ4n) is 1.93. The molecule has 12 heavy (non-hydrogen) atoms. The predicted molar refractivity (Wildman–Crippen MR) is 48.0 cm³/mol. The highest BCUT2D eigenvalue weighted by molar-refractivity contribution is 4.79. The summed E-state index contributed by atoms with van der Waals surface area (Å²) >= 11 is 0. The van der Waals surface area contributed by atoms with E-state index in [1.807, 2.05) is 0 Å². The van der Waals surface area contributed by atoms with E-state index in [1.165, 1.54) is 26.1 Å². The van der Waals surface area contributed by atoms with E-state index in [4.69, 9.17) is 0 Å². The molecule has 0 saturated carbocycles. The molecular weight excluding hydrogens is 152 g/mol. The van der Waals surface area contributed by atoms with Gasteiger partial charge in [0.15, 0.2) is 0 Å². The zero-order chi connectivity index (χ0) is 8.39. The molecule has 2 fully saturated rings. The molecule has 0 amide bonds. The number of rotatable bonds is 3. The van der Waals surface area contributed by atoms with Gasteiger partial charge in [0.25, 0.3) is 0 Å². The molecule has 0 aromatic rings. The van der Waals surface area contributed by atoms with Gasteiger partial charge in [-0.15, -0.1) is 0 Å². The van der Waals surface area contributed by atoms with Gasteiger partial charge < -0.3 is 15.3 Å². The van der Waals surface area contributed by atoms with Gasteiger partial charge in [-0.05, 0) is 38.4 Å². The number of hydrogen-bond acceptors (Lipinski definition) is 3. The Hall–Kier alpha value is -0.120. The molecule has 0 radical (unpaired) electrons. The van der Waals surface area contributed by atoms with Crippen LogP contribution < -0.4 is 5.32 Å². The second-order valence-electron chi connectivity index (χ2n) is 4.06. The molecule has 2 aliphatic heterocycles. The molecule has 2 heterocycles. The standard InChI is InChI=1S/C9H18N2O/c12-9-2-4-11(7-9)3-1-8-5-10-6-8/h8-10,12H,1-7H2/t9-/m0/s1. The van der Waals surface area contributed by atoms with Crippen LogP contribution in [0.15, 0.2) is 0 Å². The number of likely N-dealkylation sites (tertiary alicyclic amines) is 1. The lowest BCUT2D eigenvalue weighted by atomic mass is 9.99. The van der Waals surface area contributed by atoms with E-state index in [2.05, 4.69) is 10.2 Å². The minimum atomic E-state index is -0.0514. The first-order valence-corrected chi connectivity index (χ1v) is 4.96. The van der Waals surface area contributed by atoms with E-state index in [1.54, 1.807) is 0 Å². The van der Waals surface area contributed by atoms with Crippen molar-refractivity contribution in [3.63, 3.8) is 0 Å². The fourth-order valence-corrected chi connectivity index (χ4v) is 1.93. The van der Waals surface area contributed by atoms with Gasteiger partial charge >= 0.3 is 0 Å². The largest absolute Gasteiger partial charge is 0.392 e. The molecule has 3 heteroatoms. The van der Waals surface area contributed by atoms with Gasteiger partial charge in [-0.3, -0.25) is 0 Å². The van der Waals surface area contributed by atoms with Crippen molar-refractivity contribution in [3.05, 3.63) is 0 Å². The summed E-state index contributed by atoms with van der Waals surface area (Å²) in [6.45, 7) is 5.59. The maximum Gasteiger partial charge on any atom is 0.0679 e. The second kappa shape index (κ2) is 3.73. The zero-order valence-electron chi connectivity index (χ0n) is 7.50. The van der Waals surface area contributed by atoms with Gasteiger partial charge in [0.05, 0.1) is 6.10 Å². The third kappa shape index (κ3) is 1.97. The Morgan fingerprint density at radius 3 is 2.75 bits per heavy atom. The van der Waals surface area contributed by atoms with E-state index in [0.29, 0.717) is 0 Å². The smallest absolute Gasteiger partial charge is 0.0679 e. The Bertz CT molecular complexity index is 147. The van der Waals surface area contributed by atoms with Crippen LogP contribution in [0.1, 0.15) is 12.8 Å². The zero-order valence-corrected chi connectivity index (χ0v) is 7.50. The van der Waals surface area contributed by atoms with Crippen molar-refractivity contribution in [2.45, 2.75) is 18.9 Å². The third-order valence-electron chi connectivity index (χ3n) is 2.97. The SMILES string of the molecule is O[C@H]1CCN(CCC2CNC2)C1. The molecule has 2 saturated heterocycles. The van der Waals surface area contributed by atoms with Gasteiger partial charge in [-0.1, -0.05) is 0 Å². The van der Waals surface area contributed by atoms with Gasteiger partial charge in [0.2, 0.25) is 0 Å².